The van der Waals surface area contributed by atoms with E-state index in [-0.39, 0.29) is 19.4 Å². The lowest BCUT2D eigenvalue weighted by molar-refractivity contribution is -0.168. The standard InChI is InChI=1S/C12H16N2O3/c13-11(15)7-4-8-12(16)14(17)9-10-5-2-1-3-6-10/h1-3,5-6,17H,4,7-9H2,(H2,13,15). The van der Waals surface area contributed by atoms with Gasteiger partial charge in [-0.2, -0.15) is 0 Å². The van der Waals surface area contributed by atoms with Gasteiger partial charge in [-0.05, 0) is 12.0 Å². The highest BCUT2D eigenvalue weighted by molar-refractivity contribution is 5.77. The summed E-state index contributed by atoms with van der Waals surface area (Å²) >= 11 is 0. The summed E-state index contributed by atoms with van der Waals surface area (Å²) in [6, 6.07) is 9.17. The summed E-state index contributed by atoms with van der Waals surface area (Å²) in [5.41, 5.74) is 5.80. The largest absolute Gasteiger partial charge is 0.370 e. The molecule has 17 heavy (non-hydrogen) atoms. The second-order valence-electron chi connectivity index (χ2n) is 3.76. The number of carbonyl (C=O) groups excluding carboxylic acids is 2. The first kappa shape index (κ1) is 13.2. The van der Waals surface area contributed by atoms with Crippen molar-refractivity contribution in [1.29, 1.82) is 0 Å². The highest BCUT2D eigenvalue weighted by Gasteiger charge is 2.11. The average Bonchev–Trinajstić information content (AvgIpc) is 2.29. The molecule has 1 aromatic carbocycles. The van der Waals surface area contributed by atoms with E-state index in [9.17, 15) is 14.8 Å². The summed E-state index contributed by atoms with van der Waals surface area (Å²) in [5, 5.41) is 10.2. The first-order valence-electron chi connectivity index (χ1n) is 5.41. The van der Waals surface area contributed by atoms with Crippen LogP contribution in [0.5, 0.6) is 0 Å². The van der Waals surface area contributed by atoms with Gasteiger partial charge in [0.05, 0.1) is 6.54 Å². The lowest BCUT2D eigenvalue weighted by Crippen LogP contribution is -2.26. The molecular formula is C12H16N2O3. The number of benzene rings is 1. The third kappa shape index (κ3) is 5.12. The fraction of sp³-hybridized carbons (Fsp3) is 0.333. The molecule has 1 aromatic rings. The molecule has 0 aliphatic rings. The minimum Gasteiger partial charge on any atom is -0.370 e. The predicted molar refractivity (Wildman–Crippen MR) is 61.8 cm³/mol. The van der Waals surface area contributed by atoms with E-state index in [1.807, 2.05) is 30.3 Å². The predicted octanol–water partition coefficient (Wildman–Crippen LogP) is 1.06. The van der Waals surface area contributed by atoms with Gasteiger partial charge in [0.15, 0.2) is 0 Å². The van der Waals surface area contributed by atoms with Gasteiger partial charge >= 0.3 is 0 Å². The van der Waals surface area contributed by atoms with E-state index in [1.54, 1.807) is 0 Å². The Morgan fingerprint density at radius 3 is 2.41 bits per heavy atom. The summed E-state index contributed by atoms with van der Waals surface area (Å²) in [7, 11) is 0. The smallest absolute Gasteiger partial charge is 0.246 e. The van der Waals surface area contributed by atoms with Crippen LogP contribution >= 0.6 is 0 Å². The molecule has 0 fully saturated rings. The molecule has 1 rings (SSSR count). The van der Waals surface area contributed by atoms with Crippen LogP contribution in [0.25, 0.3) is 0 Å². The highest BCUT2D eigenvalue weighted by Crippen LogP contribution is 2.05. The highest BCUT2D eigenvalue weighted by atomic mass is 16.5. The van der Waals surface area contributed by atoms with Gasteiger partial charge in [-0.15, -0.1) is 0 Å². The molecule has 0 heterocycles. The van der Waals surface area contributed by atoms with Crippen molar-refractivity contribution in [3.8, 4) is 0 Å². The Labute approximate surface area is 99.8 Å². The molecule has 0 atom stereocenters. The number of carbonyl (C=O) groups is 2. The summed E-state index contributed by atoms with van der Waals surface area (Å²) in [6.07, 6.45) is 0.636. The Bertz CT molecular complexity index is 379. The zero-order chi connectivity index (χ0) is 12.7. The Morgan fingerprint density at radius 2 is 1.82 bits per heavy atom. The van der Waals surface area contributed by atoms with Gasteiger partial charge in [0, 0.05) is 12.8 Å². The van der Waals surface area contributed by atoms with E-state index < -0.39 is 11.8 Å². The van der Waals surface area contributed by atoms with Crippen LogP contribution in [0.1, 0.15) is 24.8 Å². The summed E-state index contributed by atoms with van der Waals surface area (Å²) in [5.74, 6) is -0.847. The van der Waals surface area contributed by atoms with Gasteiger partial charge < -0.3 is 5.73 Å². The third-order valence-corrected chi connectivity index (χ3v) is 2.28. The molecule has 0 unspecified atom stereocenters. The van der Waals surface area contributed by atoms with Gasteiger partial charge in [-0.1, -0.05) is 30.3 Å². The lowest BCUT2D eigenvalue weighted by Gasteiger charge is -2.14. The number of primary amides is 1. The second-order valence-corrected chi connectivity index (χ2v) is 3.76. The average molecular weight is 236 g/mol. The Hall–Kier alpha value is -1.88. The van der Waals surface area contributed by atoms with Crippen LogP contribution in [-0.2, 0) is 16.1 Å². The van der Waals surface area contributed by atoms with Crippen LogP contribution in [0.4, 0.5) is 0 Å². The topological polar surface area (TPSA) is 83.6 Å². The van der Waals surface area contributed by atoms with Crippen molar-refractivity contribution in [2.75, 3.05) is 0 Å². The second kappa shape index (κ2) is 6.65. The summed E-state index contributed by atoms with van der Waals surface area (Å²) in [4.78, 5) is 21.9. The van der Waals surface area contributed by atoms with Crippen molar-refractivity contribution in [1.82, 2.24) is 5.06 Å². The van der Waals surface area contributed by atoms with Crippen LogP contribution < -0.4 is 5.73 Å². The van der Waals surface area contributed by atoms with E-state index in [4.69, 9.17) is 5.73 Å². The molecule has 0 aliphatic heterocycles. The molecule has 0 saturated heterocycles. The van der Waals surface area contributed by atoms with Gasteiger partial charge in [0.25, 0.3) is 0 Å². The van der Waals surface area contributed by atoms with Crippen molar-refractivity contribution in [2.45, 2.75) is 25.8 Å². The lowest BCUT2D eigenvalue weighted by atomic mass is 10.2. The van der Waals surface area contributed by atoms with Crippen LogP contribution in [0.3, 0.4) is 0 Å². The van der Waals surface area contributed by atoms with Crippen molar-refractivity contribution >= 4 is 11.8 Å². The van der Waals surface area contributed by atoms with Crippen molar-refractivity contribution in [3.63, 3.8) is 0 Å². The zero-order valence-electron chi connectivity index (χ0n) is 9.50. The minimum absolute atomic E-state index is 0.117. The van der Waals surface area contributed by atoms with E-state index in [0.717, 1.165) is 5.56 Å². The maximum atomic E-state index is 11.5. The summed E-state index contributed by atoms with van der Waals surface area (Å²) < 4.78 is 0. The molecule has 5 heteroatoms. The molecule has 5 nitrogen and oxygen atoms in total. The van der Waals surface area contributed by atoms with E-state index in [0.29, 0.717) is 11.5 Å². The van der Waals surface area contributed by atoms with Gasteiger partial charge in [-0.25, -0.2) is 5.06 Å². The molecule has 3 N–H and O–H groups in total. The van der Waals surface area contributed by atoms with Crippen molar-refractivity contribution < 1.29 is 14.8 Å². The number of rotatable bonds is 6. The Balaban J connectivity index is 2.34. The molecule has 0 aromatic heterocycles. The fourth-order valence-electron chi connectivity index (χ4n) is 1.39. The van der Waals surface area contributed by atoms with Crippen LogP contribution in [0, 0.1) is 0 Å². The number of hydrogen-bond acceptors (Lipinski definition) is 3. The molecule has 0 radical (unpaired) electrons. The molecule has 0 aliphatic carbocycles. The molecular weight excluding hydrogens is 220 g/mol. The maximum Gasteiger partial charge on any atom is 0.246 e. The first-order valence-corrected chi connectivity index (χ1v) is 5.41. The maximum absolute atomic E-state index is 11.5. The van der Waals surface area contributed by atoms with Crippen LogP contribution in [0.15, 0.2) is 30.3 Å². The Morgan fingerprint density at radius 1 is 1.18 bits per heavy atom. The number of nitrogens with zero attached hydrogens (tertiary/aromatic N) is 1. The number of hydrogen-bond donors (Lipinski definition) is 2. The fourth-order valence-corrected chi connectivity index (χ4v) is 1.39. The number of nitrogens with two attached hydrogens (primary N) is 1. The Kier molecular flexibility index (Phi) is 5.16. The SMILES string of the molecule is NC(=O)CCCC(=O)N(O)Cc1ccccc1. The molecule has 2 amide bonds. The van der Waals surface area contributed by atoms with E-state index >= 15 is 0 Å². The molecule has 0 saturated carbocycles. The van der Waals surface area contributed by atoms with Crippen LogP contribution in [-0.4, -0.2) is 22.1 Å². The van der Waals surface area contributed by atoms with E-state index in [2.05, 4.69) is 0 Å². The van der Waals surface area contributed by atoms with Gasteiger partial charge in [-0.3, -0.25) is 14.8 Å². The molecule has 0 spiro atoms. The first-order chi connectivity index (χ1) is 8.09. The minimum atomic E-state index is -0.439. The molecule has 0 bridgehead atoms. The normalized spacial score (nSPS) is 9.94. The van der Waals surface area contributed by atoms with E-state index in [1.165, 1.54) is 0 Å². The van der Waals surface area contributed by atoms with Gasteiger partial charge in [0.2, 0.25) is 11.8 Å². The third-order valence-electron chi connectivity index (χ3n) is 2.28. The van der Waals surface area contributed by atoms with Crippen molar-refractivity contribution in [3.05, 3.63) is 35.9 Å². The number of hydroxylamine groups is 2. The van der Waals surface area contributed by atoms with Crippen molar-refractivity contribution in [2.24, 2.45) is 5.73 Å². The quantitative estimate of drug-likeness (QED) is 0.572. The summed E-state index contributed by atoms with van der Waals surface area (Å²) in [6.45, 7) is 0.149. The van der Waals surface area contributed by atoms with Crippen LogP contribution in [0.2, 0.25) is 0 Å². The zero-order valence-corrected chi connectivity index (χ0v) is 9.50. The monoisotopic (exact) mass is 236 g/mol. The molecule has 92 valence electrons. The van der Waals surface area contributed by atoms with Gasteiger partial charge in [0.1, 0.15) is 0 Å². The number of amides is 2.